The zero-order valence-electron chi connectivity index (χ0n) is 11.7. The molecule has 1 atom stereocenters. The number of hydrogen-bond acceptors (Lipinski definition) is 2. The largest absolute Gasteiger partial charge is 0.296 e. The standard InChI is InChI=1S/C16H22FNO/c1-12(18(2)11-13-5-3-4-6-13)16(19)14-7-9-15(17)10-8-14/h7-10,12-13H,3-6,11H2,1-2H3. The van der Waals surface area contributed by atoms with E-state index < -0.39 is 0 Å². The molecule has 1 aromatic rings. The number of hydrogen-bond donors (Lipinski definition) is 0. The van der Waals surface area contributed by atoms with Crippen molar-refractivity contribution < 1.29 is 9.18 Å². The number of Topliss-reactive ketones (excluding diaryl/α,β-unsaturated/α-hetero) is 1. The molecule has 0 aromatic heterocycles. The first kappa shape index (κ1) is 14.2. The first-order chi connectivity index (χ1) is 9.08. The Morgan fingerprint density at radius 1 is 1.32 bits per heavy atom. The average molecular weight is 263 g/mol. The SMILES string of the molecule is CC(C(=O)c1ccc(F)cc1)N(C)CC1CCCC1. The lowest BCUT2D eigenvalue weighted by Gasteiger charge is -2.26. The summed E-state index contributed by atoms with van der Waals surface area (Å²) in [4.78, 5) is 14.4. The van der Waals surface area contributed by atoms with Crippen LogP contribution in [0.3, 0.4) is 0 Å². The van der Waals surface area contributed by atoms with Crippen LogP contribution in [0.5, 0.6) is 0 Å². The highest BCUT2D eigenvalue weighted by molar-refractivity contribution is 5.99. The molecule has 3 heteroatoms. The van der Waals surface area contributed by atoms with Gasteiger partial charge in [0.15, 0.2) is 5.78 Å². The van der Waals surface area contributed by atoms with Gasteiger partial charge in [-0.1, -0.05) is 12.8 Å². The molecule has 104 valence electrons. The monoisotopic (exact) mass is 263 g/mol. The molecule has 2 nitrogen and oxygen atoms in total. The molecule has 19 heavy (non-hydrogen) atoms. The van der Waals surface area contributed by atoms with Gasteiger partial charge in [0.1, 0.15) is 5.82 Å². The van der Waals surface area contributed by atoms with Crippen molar-refractivity contribution in [1.82, 2.24) is 4.90 Å². The molecule has 1 aliphatic rings. The van der Waals surface area contributed by atoms with Gasteiger partial charge in [0, 0.05) is 12.1 Å². The van der Waals surface area contributed by atoms with E-state index in [-0.39, 0.29) is 17.6 Å². The Hall–Kier alpha value is -1.22. The van der Waals surface area contributed by atoms with E-state index >= 15 is 0 Å². The van der Waals surface area contributed by atoms with Gasteiger partial charge in [-0.3, -0.25) is 9.69 Å². The highest BCUT2D eigenvalue weighted by atomic mass is 19.1. The average Bonchev–Trinajstić information content (AvgIpc) is 2.90. The van der Waals surface area contributed by atoms with Crippen LogP contribution in [0.1, 0.15) is 43.0 Å². The normalized spacial score (nSPS) is 17.9. The number of ketones is 1. The summed E-state index contributed by atoms with van der Waals surface area (Å²) < 4.78 is 12.9. The van der Waals surface area contributed by atoms with Crippen molar-refractivity contribution in [3.8, 4) is 0 Å². The van der Waals surface area contributed by atoms with Gasteiger partial charge >= 0.3 is 0 Å². The molecule has 0 heterocycles. The second-order valence-corrected chi connectivity index (χ2v) is 5.64. The Balaban J connectivity index is 1.95. The minimum atomic E-state index is -0.302. The zero-order valence-corrected chi connectivity index (χ0v) is 11.7. The number of nitrogens with zero attached hydrogens (tertiary/aromatic N) is 1. The van der Waals surface area contributed by atoms with Crippen molar-refractivity contribution in [3.63, 3.8) is 0 Å². The maximum atomic E-state index is 12.9. The molecular weight excluding hydrogens is 241 g/mol. The topological polar surface area (TPSA) is 20.3 Å². The van der Waals surface area contributed by atoms with E-state index in [0.717, 1.165) is 12.5 Å². The van der Waals surface area contributed by atoms with Crippen LogP contribution < -0.4 is 0 Å². The van der Waals surface area contributed by atoms with Crippen LogP contribution in [-0.4, -0.2) is 30.3 Å². The summed E-state index contributed by atoms with van der Waals surface area (Å²) in [5.41, 5.74) is 0.590. The van der Waals surface area contributed by atoms with Crippen molar-refractivity contribution in [2.45, 2.75) is 38.6 Å². The Labute approximate surface area is 114 Å². The van der Waals surface area contributed by atoms with Crippen molar-refractivity contribution >= 4 is 5.78 Å². The summed E-state index contributed by atoms with van der Waals surface area (Å²) in [7, 11) is 2.00. The first-order valence-electron chi connectivity index (χ1n) is 7.08. The number of carbonyl (C=O) groups is 1. The molecule has 0 amide bonds. The van der Waals surface area contributed by atoms with Gasteiger partial charge in [-0.25, -0.2) is 4.39 Å². The van der Waals surface area contributed by atoms with E-state index in [4.69, 9.17) is 0 Å². The molecule has 2 rings (SSSR count). The van der Waals surface area contributed by atoms with Gasteiger partial charge in [-0.05, 0) is 57.0 Å². The van der Waals surface area contributed by atoms with Crippen LogP contribution in [0.25, 0.3) is 0 Å². The number of likely N-dealkylation sites (N-methyl/N-ethyl adjacent to an activating group) is 1. The van der Waals surface area contributed by atoms with Crippen molar-refractivity contribution in [3.05, 3.63) is 35.6 Å². The number of rotatable bonds is 5. The Morgan fingerprint density at radius 2 is 1.89 bits per heavy atom. The smallest absolute Gasteiger partial charge is 0.179 e. The molecule has 0 radical (unpaired) electrons. The summed E-state index contributed by atoms with van der Waals surface area (Å²) in [6.07, 6.45) is 5.20. The van der Waals surface area contributed by atoms with E-state index in [1.807, 2.05) is 14.0 Å². The highest BCUT2D eigenvalue weighted by Gasteiger charge is 2.23. The minimum absolute atomic E-state index is 0.0699. The van der Waals surface area contributed by atoms with Gasteiger partial charge in [0.2, 0.25) is 0 Å². The molecule has 0 spiro atoms. The summed E-state index contributed by atoms with van der Waals surface area (Å²) in [6.45, 7) is 2.91. The lowest BCUT2D eigenvalue weighted by Crippen LogP contribution is -2.38. The predicted molar refractivity (Wildman–Crippen MR) is 74.8 cm³/mol. The van der Waals surface area contributed by atoms with E-state index in [0.29, 0.717) is 5.56 Å². The Kier molecular flexibility index (Phi) is 4.70. The first-order valence-corrected chi connectivity index (χ1v) is 7.08. The zero-order chi connectivity index (χ0) is 13.8. The number of halogens is 1. The third kappa shape index (κ3) is 3.63. The molecule has 0 bridgehead atoms. The van der Waals surface area contributed by atoms with E-state index in [2.05, 4.69) is 4.90 Å². The maximum absolute atomic E-state index is 12.9. The van der Waals surface area contributed by atoms with Gasteiger partial charge in [-0.15, -0.1) is 0 Å². The fourth-order valence-corrected chi connectivity index (χ4v) is 2.81. The van der Waals surface area contributed by atoms with Gasteiger partial charge < -0.3 is 0 Å². The van der Waals surface area contributed by atoms with Crippen LogP contribution in [0.2, 0.25) is 0 Å². The van der Waals surface area contributed by atoms with Crippen LogP contribution in [0.15, 0.2) is 24.3 Å². The second kappa shape index (κ2) is 6.29. The van der Waals surface area contributed by atoms with E-state index in [9.17, 15) is 9.18 Å². The molecule has 0 N–H and O–H groups in total. The highest BCUT2D eigenvalue weighted by Crippen LogP contribution is 2.25. The molecule has 1 aromatic carbocycles. The van der Waals surface area contributed by atoms with Crippen molar-refractivity contribution in [1.29, 1.82) is 0 Å². The molecule has 0 aliphatic heterocycles. The lowest BCUT2D eigenvalue weighted by molar-refractivity contribution is 0.0853. The van der Waals surface area contributed by atoms with Gasteiger partial charge in [-0.2, -0.15) is 0 Å². The van der Waals surface area contributed by atoms with Gasteiger partial charge in [0.25, 0.3) is 0 Å². The fourth-order valence-electron chi connectivity index (χ4n) is 2.81. The fraction of sp³-hybridized carbons (Fsp3) is 0.562. The van der Waals surface area contributed by atoms with E-state index in [1.165, 1.54) is 37.8 Å². The van der Waals surface area contributed by atoms with E-state index in [1.54, 1.807) is 12.1 Å². The van der Waals surface area contributed by atoms with Crippen LogP contribution in [0, 0.1) is 11.7 Å². The molecule has 1 fully saturated rings. The molecule has 0 saturated heterocycles. The van der Waals surface area contributed by atoms with Crippen LogP contribution in [-0.2, 0) is 0 Å². The Bertz CT molecular complexity index is 423. The van der Waals surface area contributed by atoms with Crippen molar-refractivity contribution in [2.24, 2.45) is 5.92 Å². The number of benzene rings is 1. The quantitative estimate of drug-likeness (QED) is 0.758. The summed E-state index contributed by atoms with van der Waals surface area (Å²) in [6, 6.07) is 5.68. The number of carbonyl (C=O) groups excluding carboxylic acids is 1. The summed E-state index contributed by atoms with van der Waals surface area (Å²) in [5.74, 6) is 0.498. The third-order valence-electron chi connectivity index (χ3n) is 4.19. The summed E-state index contributed by atoms with van der Waals surface area (Å²) in [5, 5.41) is 0. The molecule has 1 saturated carbocycles. The minimum Gasteiger partial charge on any atom is -0.296 e. The summed E-state index contributed by atoms with van der Waals surface area (Å²) >= 11 is 0. The molecular formula is C16H22FNO. The van der Waals surface area contributed by atoms with Crippen LogP contribution in [0.4, 0.5) is 4.39 Å². The van der Waals surface area contributed by atoms with Crippen LogP contribution >= 0.6 is 0 Å². The van der Waals surface area contributed by atoms with Gasteiger partial charge in [0.05, 0.1) is 6.04 Å². The predicted octanol–water partition coefficient (Wildman–Crippen LogP) is 3.52. The lowest BCUT2D eigenvalue weighted by atomic mass is 10.0. The third-order valence-corrected chi connectivity index (χ3v) is 4.19. The maximum Gasteiger partial charge on any atom is 0.179 e. The molecule has 1 unspecified atom stereocenters. The molecule has 1 aliphatic carbocycles. The second-order valence-electron chi connectivity index (χ2n) is 5.64. The van der Waals surface area contributed by atoms with Crippen molar-refractivity contribution in [2.75, 3.05) is 13.6 Å². The Morgan fingerprint density at radius 3 is 2.47 bits per heavy atom.